The van der Waals surface area contributed by atoms with Crippen LogP contribution in [0.15, 0.2) is 36.4 Å². The molecule has 0 N–H and O–H groups in total. The summed E-state index contributed by atoms with van der Waals surface area (Å²) < 4.78 is 10.8. The van der Waals surface area contributed by atoms with Gasteiger partial charge in [0.1, 0.15) is 12.6 Å². The Morgan fingerprint density at radius 1 is 1.03 bits per heavy atom. The quantitative estimate of drug-likeness (QED) is 0.567. The van der Waals surface area contributed by atoms with Crippen LogP contribution < -0.4 is 4.90 Å². The van der Waals surface area contributed by atoms with Crippen LogP contribution in [0.3, 0.4) is 0 Å². The number of esters is 2. The van der Waals surface area contributed by atoms with Crippen molar-refractivity contribution < 1.29 is 19.1 Å². The number of methoxy groups -OCH3 is 1. The fourth-order valence-corrected chi connectivity index (χ4v) is 4.57. The predicted octanol–water partition coefficient (Wildman–Crippen LogP) is 4.87. The summed E-state index contributed by atoms with van der Waals surface area (Å²) in [5.41, 5.74) is 5.78. The van der Waals surface area contributed by atoms with Crippen LogP contribution >= 0.6 is 0 Å². The number of carbonyl (C=O) groups is 2. The number of benzene rings is 2. The van der Waals surface area contributed by atoms with Crippen LogP contribution in [0.2, 0.25) is 0 Å². The summed E-state index contributed by atoms with van der Waals surface area (Å²) in [5.74, 6) is -0.510. The lowest BCUT2D eigenvalue weighted by atomic mass is 9.90. The summed E-state index contributed by atoms with van der Waals surface area (Å²) in [7, 11) is 1.44. The van der Waals surface area contributed by atoms with Crippen molar-refractivity contribution >= 4 is 17.6 Å². The first-order valence-corrected chi connectivity index (χ1v) is 11.3. The van der Waals surface area contributed by atoms with Gasteiger partial charge in [0.15, 0.2) is 0 Å². The SMILES string of the molecule is CCc1cc(CC)c(N2CCC[C@H]2C(=O)OC)c(CC)c1C(=O)OCc1ccccc1. The van der Waals surface area contributed by atoms with Gasteiger partial charge in [-0.05, 0) is 54.4 Å². The molecule has 1 atom stereocenters. The van der Waals surface area contributed by atoms with Crippen molar-refractivity contribution in [3.8, 4) is 0 Å². The van der Waals surface area contributed by atoms with Crippen LogP contribution in [-0.4, -0.2) is 31.6 Å². The number of hydrogen-bond donors (Lipinski definition) is 0. The Labute approximate surface area is 185 Å². The predicted molar refractivity (Wildman–Crippen MR) is 123 cm³/mol. The van der Waals surface area contributed by atoms with Crippen molar-refractivity contribution in [3.63, 3.8) is 0 Å². The average molecular weight is 424 g/mol. The Morgan fingerprint density at radius 3 is 2.35 bits per heavy atom. The zero-order chi connectivity index (χ0) is 22.4. The summed E-state index contributed by atoms with van der Waals surface area (Å²) in [6.07, 6.45) is 3.96. The highest BCUT2D eigenvalue weighted by Crippen LogP contribution is 2.37. The molecule has 1 heterocycles. The normalized spacial score (nSPS) is 15.7. The third-order valence-corrected chi connectivity index (χ3v) is 6.11. The molecule has 5 nitrogen and oxygen atoms in total. The summed E-state index contributed by atoms with van der Waals surface area (Å²) >= 11 is 0. The molecule has 0 radical (unpaired) electrons. The third-order valence-electron chi connectivity index (χ3n) is 6.11. The molecule has 1 saturated heterocycles. The van der Waals surface area contributed by atoms with Crippen molar-refractivity contribution in [1.29, 1.82) is 0 Å². The van der Waals surface area contributed by atoms with Crippen LogP contribution in [-0.2, 0) is 40.1 Å². The van der Waals surface area contributed by atoms with E-state index in [1.807, 2.05) is 30.3 Å². The molecule has 31 heavy (non-hydrogen) atoms. The van der Waals surface area contributed by atoms with Crippen LogP contribution in [0.4, 0.5) is 5.69 Å². The lowest BCUT2D eigenvalue weighted by molar-refractivity contribution is -0.141. The van der Waals surface area contributed by atoms with E-state index in [1.165, 1.54) is 12.7 Å². The van der Waals surface area contributed by atoms with Gasteiger partial charge in [0.25, 0.3) is 0 Å². The highest BCUT2D eigenvalue weighted by molar-refractivity contribution is 5.96. The fourth-order valence-electron chi connectivity index (χ4n) is 4.57. The Kier molecular flexibility index (Phi) is 7.72. The zero-order valence-electron chi connectivity index (χ0n) is 19.1. The molecular formula is C26H33NO4. The Bertz CT molecular complexity index is 923. The van der Waals surface area contributed by atoms with Gasteiger partial charge < -0.3 is 14.4 Å². The standard InChI is InChI=1S/C26H33NO4/c1-5-19-16-20(6-2)24(27-15-11-14-22(27)25(28)30-4)21(7-3)23(19)26(29)31-17-18-12-9-8-10-13-18/h8-10,12-13,16,22H,5-7,11,14-15,17H2,1-4H3/t22-/m0/s1. The number of aryl methyl sites for hydroxylation is 2. The number of rotatable bonds is 8. The van der Waals surface area contributed by atoms with Gasteiger partial charge in [-0.15, -0.1) is 0 Å². The molecule has 1 aliphatic heterocycles. The summed E-state index contributed by atoms with van der Waals surface area (Å²) in [6, 6.07) is 11.5. The second kappa shape index (κ2) is 10.5. The van der Waals surface area contributed by atoms with Crippen LogP contribution in [0, 0.1) is 0 Å². The molecule has 1 fully saturated rings. The summed E-state index contributed by atoms with van der Waals surface area (Å²) in [5, 5.41) is 0. The lowest BCUT2D eigenvalue weighted by Gasteiger charge is -2.31. The van der Waals surface area contributed by atoms with Gasteiger partial charge in [0.05, 0.1) is 12.7 Å². The highest BCUT2D eigenvalue weighted by Gasteiger charge is 2.35. The summed E-state index contributed by atoms with van der Waals surface area (Å²) in [4.78, 5) is 27.9. The van der Waals surface area contributed by atoms with Crippen molar-refractivity contribution in [1.82, 2.24) is 0 Å². The van der Waals surface area contributed by atoms with Crippen molar-refractivity contribution in [3.05, 3.63) is 64.2 Å². The van der Waals surface area contributed by atoms with E-state index >= 15 is 0 Å². The molecule has 0 saturated carbocycles. The molecule has 2 aromatic rings. The van der Waals surface area contributed by atoms with Crippen molar-refractivity contribution in [2.24, 2.45) is 0 Å². The maximum absolute atomic E-state index is 13.3. The minimum Gasteiger partial charge on any atom is -0.467 e. The fraction of sp³-hybridized carbons (Fsp3) is 0.462. The lowest BCUT2D eigenvalue weighted by Crippen LogP contribution is -2.38. The van der Waals surface area contributed by atoms with E-state index in [2.05, 4.69) is 31.7 Å². The number of anilines is 1. The van der Waals surface area contributed by atoms with E-state index in [4.69, 9.17) is 9.47 Å². The molecule has 0 amide bonds. The Balaban J connectivity index is 2.05. The smallest absolute Gasteiger partial charge is 0.339 e. The van der Waals surface area contributed by atoms with Gasteiger partial charge in [-0.3, -0.25) is 0 Å². The maximum Gasteiger partial charge on any atom is 0.339 e. The Hall–Kier alpha value is -2.82. The first-order valence-electron chi connectivity index (χ1n) is 11.3. The number of ether oxygens (including phenoxy) is 2. The molecule has 0 spiro atoms. The first-order chi connectivity index (χ1) is 15.0. The van der Waals surface area contributed by atoms with Gasteiger partial charge >= 0.3 is 11.9 Å². The van der Waals surface area contributed by atoms with E-state index in [-0.39, 0.29) is 24.6 Å². The first kappa shape index (κ1) is 22.9. The molecule has 5 heteroatoms. The van der Waals surface area contributed by atoms with E-state index in [1.54, 1.807) is 0 Å². The third kappa shape index (κ3) is 4.76. The van der Waals surface area contributed by atoms with Gasteiger partial charge in [0, 0.05) is 12.2 Å². The number of nitrogens with zero attached hydrogens (tertiary/aromatic N) is 1. The van der Waals surface area contributed by atoms with Gasteiger partial charge in [-0.2, -0.15) is 0 Å². The second-order valence-electron chi connectivity index (χ2n) is 7.89. The largest absolute Gasteiger partial charge is 0.467 e. The van der Waals surface area contributed by atoms with E-state index in [0.717, 1.165) is 54.6 Å². The second-order valence-corrected chi connectivity index (χ2v) is 7.89. The van der Waals surface area contributed by atoms with Crippen molar-refractivity contribution in [2.45, 2.75) is 65.5 Å². The molecule has 2 aromatic carbocycles. The molecule has 0 aliphatic carbocycles. The zero-order valence-corrected chi connectivity index (χ0v) is 19.1. The Morgan fingerprint density at radius 2 is 1.74 bits per heavy atom. The van der Waals surface area contributed by atoms with Gasteiger partial charge in [-0.1, -0.05) is 57.2 Å². The number of carbonyl (C=O) groups excluding carboxylic acids is 2. The average Bonchev–Trinajstić information content (AvgIpc) is 3.30. The van der Waals surface area contributed by atoms with Crippen LogP contribution in [0.1, 0.15) is 66.2 Å². The van der Waals surface area contributed by atoms with Crippen molar-refractivity contribution in [2.75, 3.05) is 18.6 Å². The molecular weight excluding hydrogens is 390 g/mol. The molecule has 1 aliphatic rings. The minimum atomic E-state index is -0.304. The maximum atomic E-state index is 13.3. The minimum absolute atomic E-state index is 0.214. The van der Waals surface area contributed by atoms with Gasteiger partial charge in [-0.25, -0.2) is 9.59 Å². The topological polar surface area (TPSA) is 55.8 Å². The summed E-state index contributed by atoms with van der Waals surface area (Å²) in [6.45, 7) is 7.27. The molecule has 0 unspecified atom stereocenters. The van der Waals surface area contributed by atoms with Gasteiger partial charge in [0.2, 0.25) is 0 Å². The van der Waals surface area contributed by atoms with E-state index in [9.17, 15) is 9.59 Å². The number of hydrogen-bond acceptors (Lipinski definition) is 5. The molecule has 0 aromatic heterocycles. The molecule has 0 bridgehead atoms. The van der Waals surface area contributed by atoms with E-state index < -0.39 is 0 Å². The molecule has 166 valence electrons. The van der Waals surface area contributed by atoms with Crippen LogP contribution in [0.25, 0.3) is 0 Å². The monoisotopic (exact) mass is 423 g/mol. The van der Waals surface area contributed by atoms with Crippen LogP contribution in [0.5, 0.6) is 0 Å². The van der Waals surface area contributed by atoms with E-state index in [0.29, 0.717) is 12.0 Å². The highest BCUT2D eigenvalue weighted by atomic mass is 16.5. The molecule has 3 rings (SSSR count).